The van der Waals surface area contributed by atoms with Gasteiger partial charge in [-0.15, -0.1) is 0 Å². The van der Waals surface area contributed by atoms with Crippen LogP contribution in [0.2, 0.25) is 5.02 Å². The SMILES string of the molecule is Cc1ccc(Cl)c2c1Nc1c(c(Br)cc(Br)c1[N+](=O)[O-])S2. The third kappa shape index (κ3) is 2.46. The van der Waals surface area contributed by atoms with Gasteiger partial charge in [-0.2, -0.15) is 0 Å². The van der Waals surface area contributed by atoms with Crippen molar-refractivity contribution in [2.24, 2.45) is 0 Å². The van der Waals surface area contributed by atoms with E-state index in [1.54, 1.807) is 6.07 Å². The summed E-state index contributed by atoms with van der Waals surface area (Å²) in [4.78, 5) is 12.6. The molecule has 1 heterocycles. The molecule has 1 aliphatic heterocycles. The van der Waals surface area contributed by atoms with Gasteiger partial charge in [-0.1, -0.05) is 29.4 Å². The summed E-state index contributed by atoms with van der Waals surface area (Å²) in [6.07, 6.45) is 0. The molecule has 3 rings (SSSR count). The normalized spacial score (nSPS) is 12.4. The van der Waals surface area contributed by atoms with Crippen LogP contribution >= 0.6 is 55.2 Å². The van der Waals surface area contributed by atoms with Crippen LogP contribution in [0.3, 0.4) is 0 Å². The van der Waals surface area contributed by atoms with Gasteiger partial charge in [-0.05, 0) is 56.5 Å². The Hall–Kier alpha value is -0.760. The second kappa shape index (κ2) is 5.46. The van der Waals surface area contributed by atoms with E-state index in [9.17, 15) is 10.1 Å². The maximum absolute atomic E-state index is 11.4. The first-order valence-corrected chi connectivity index (χ1v) is 8.58. The molecule has 2 aromatic rings. The molecule has 0 bridgehead atoms. The molecule has 0 aromatic heterocycles. The standard InChI is InChI=1S/C13H7Br2ClN2O2S/c1-5-2-3-8(16)13-9(5)17-10-11(18(19)20)6(14)4-7(15)12(10)21-13/h2-4,17H,1H3. The zero-order chi connectivity index (χ0) is 15.3. The Kier molecular flexibility index (Phi) is 3.94. The highest BCUT2D eigenvalue weighted by Gasteiger charge is 2.30. The van der Waals surface area contributed by atoms with Crippen LogP contribution in [0.15, 0.2) is 36.9 Å². The monoisotopic (exact) mass is 448 g/mol. The van der Waals surface area contributed by atoms with Gasteiger partial charge in [0.1, 0.15) is 5.69 Å². The fourth-order valence-corrected chi connectivity index (χ4v) is 5.04. The van der Waals surface area contributed by atoms with E-state index in [0.717, 1.165) is 25.5 Å². The summed E-state index contributed by atoms with van der Waals surface area (Å²) in [5, 5.41) is 15.1. The lowest BCUT2D eigenvalue weighted by atomic mass is 10.1. The lowest BCUT2D eigenvalue weighted by Gasteiger charge is -2.24. The number of halogens is 3. The second-order valence-electron chi connectivity index (χ2n) is 4.45. The molecular weight excluding hydrogens is 443 g/mol. The van der Waals surface area contributed by atoms with E-state index in [4.69, 9.17) is 11.6 Å². The molecule has 1 N–H and O–H groups in total. The van der Waals surface area contributed by atoms with Crippen LogP contribution in [-0.2, 0) is 0 Å². The molecule has 0 radical (unpaired) electrons. The molecule has 2 aromatic carbocycles. The Labute approximate surface area is 146 Å². The van der Waals surface area contributed by atoms with Gasteiger partial charge >= 0.3 is 5.69 Å². The Morgan fingerprint density at radius 3 is 2.62 bits per heavy atom. The van der Waals surface area contributed by atoms with E-state index in [0.29, 0.717) is 15.2 Å². The molecule has 0 amide bonds. The quantitative estimate of drug-likeness (QED) is 0.350. The maximum Gasteiger partial charge on any atom is 0.307 e. The largest absolute Gasteiger partial charge is 0.348 e. The minimum atomic E-state index is -0.395. The van der Waals surface area contributed by atoms with Crippen LogP contribution in [-0.4, -0.2) is 4.92 Å². The van der Waals surface area contributed by atoms with Crippen molar-refractivity contribution in [2.45, 2.75) is 16.7 Å². The van der Waals surface area contributed by atoms with E-state index in [1.807, 2.05) is 19.1 Å². The minimum Gasteiger partial charge on any atom is -0.348 e. The molecule has 0 unspecified atom stereocenters. The van der Waals surface area contributed by atoms with E-state index < -0.39 is 4.92 Å². The number of nitro groups is 1. The summed E-state index contributed by atoms with van der Waals surface area (Å²) in [6, 6.07) is 5.40. The Balaban J connectivity index is 2.29. The molecule has 0 aliphatic carbocycles. The predicted octanol–water partition coefficient (Wildman–Crippen LogP) is 6.29. The highest BCUT2D eigenvalue weighted by molar-refractivity contribution is 9.11. The first-order chi connectivity index (χ1) is 9.90. The van der Waals surface area contributed by atoms with Crippen LogP contribution in [0.1, 0.15) is 5.56 Å². The van der Waals surface area contributed by atoms with Crippen molar-refractivity contribution in [1.29, 1.82) is 0 Å². The number of fused-ring (bicyclic) bond motifs is 2. The molecule has 0 spiro atoms. The van der Waals surface area contributed by atoms with E-state index in [1.165, 1.54) is 11.8 Å². The van der Waals surface area contributed by atoms with Gasteiger partial charge in [0.05, 0.1) is 29.9 Å². The topological polar surface area (TPSA) is 55.2 Å². The minimum absolute atomic E-state index is 0.0192. The third-order valence-corrected chi connectivity index (χ3v) is 6.29. The first-order valence-electron chi connectivity index (χ1n) is 5.80. The number of anilines is 2. The molecular formula is C13H7Br2ClN2O2S. The van der Waals surface area contributed by atoms with Crippen molar-refractivity contribution >= 4 is 72.3 Å². The van der Waals surface area contributed by atoms with Crippen LogP contribution < -0.4 is 5.32 Å². The van der Waals surface area contributed by atoms with Gasteiger partial charge < -0.3 is 5.32 Å². The molecule has 21 heavy (non-hydrogen) atoms. The average Bonchev–Trinajstić information content (AvgIpc) is 2.41. The molecule has 8 heteroatoms. The summed E-state index contributed by atoms with van der Waals surface area (Å²) in [5.74, 6) is 0. The van der Waals surface area contributed by atoms with Crippen LogP contribution in [0.4, 0.5) is 17.1 Å². The van der Waals surface area contributed by atoms with Crippen molar-refractivity contribution in [2.75, 3.05) is 5.32 Å². The van der Waals surface area contributed by atoms with Crippen molar-refractivity contribution in [3.8, 4) is 0 Å². The second-order valence-corrected chi connectivity index (χ2v) is 7.58. The fourth-order valence-electron chi connectivity index (χ4n) is 2.12. The van der Waals surface area contributed by atoms with Crippen molar-refractivity contribution in [3.63, 3.8) is 0 Å². The van der Waals surface area contributed by atoms with Crippen molar-refractivity contribution in [3.05, 3.63) is 47.8 Å². The summed E-state index contributed by atoms with van der Waals surface area (Å²) in [6.45, 7) is 1.94. The third-order valence-electron chi connectivity index (χ3n) is 3.12. The van der Waals surface area contributed by atoms with Crippen molar-refractivity contribution in [1.82, 2.24) is 0 Å². The zero-order valence-corrected chi connectivity index (χ0v) is 15.3. The number of nitrogens with one attached hydrogen (secondary N) is 1. The number of hydrogen-bond donors (Lipinski definition) is 1. The lowest BCUT2D eigenvalue weighted by Crippen LogP contribution is -2.06. The fraction of sp³-hybridized carbons (Fsp3) is 0.0769. The van der Waals surface area contributed by atoms with Gasteiger partial charge in [-0.3, -0.25) is 10.1 Å². The number of benzene rings is 2. The number of aryl methyl sites for hydroxylation is 1. The molecule has 0 fully saturated rings. The van der Waals surface area contributed by atoms with Gasteiger partial charge in [0.25, 0.3) is 0 Å². The number of rotatable bonds is 1. The summed E-state index contributed by atoms with van der Waals surface area (Å²) < 4.78 is 1.20. The highest BCUT2D eigenvalue weighted by Crippen LogP contribution is 2.55. The first kappa shape index (κ1) is 15.1. The summed E-state index contributed by atoms with van der Waals surface area (Å²) in [5.41, 5.74) is 2.29. The van der Waals surface area contributed by atoms with Crippen LogP contribution in [0, 0.1) is 17.0 Å². The van der Waals surface area contributed by atoms with Crippen molar-refractivity contribution < 1.29 is 4.92 Å². The Morgan fingerprint density at radius 2 is 1.95 bits per heavy atom. The number of hydrogen-bond acceptors (Lipinski definition) is 4. The molecule has 0 atom stereocenters. The molecule has 108 valence electrons. The van der Waals surface area contributed by atoms with Crippen LogP contribution in [0.25, 0.3) is 0 Å². The van der Waals surface area contributed by atoms with Gasteiger partial charge in [-0.25, -0.2) is 0 Å². The number of nitrogens with zero attached hydrogens (tertiary/aromatic N) is 1. The molecule has 0 saturated carbocycles. The van der Waals surface area contributed by atoms with Gasteiger partial charge in [0.15, 0.2) is 0 Å². The van der Waals surface area contributed by atoms with E-state index in [-0.39, 0.29) is 5.69 Å². The highest BCUT2D eigenvalue weighted by atomic mass is 79.9. The summed E-state index contributed by atoms with van der Waals surface area (Å²) in [7, 11) is 0. The molecule has 1 aliphatic rings. The van der Waals surface area contributed by atoms with E-state index >= 15 is 0 Å². The zero-order valence-electron chi connectivity index (χ0n) is 10.5. The van der Waals surface area contributed by atoms with Gasteiger partial charge in [0, 0.05) is 4.47 Å². The molecule has 0 saturated heterocycles. The maximum atomic E-state index is 11.4. The number of nitro benzene ring substituents is 1. The molecule has 4 nitrogen and oxygen atoms in total. The Bertz CT molecular complexity index is 798. The van der Waals surface area contributed by atoms with E-state index in [2.05, 4.69) is 37.2 Å². The smallest absolute Gasteiger partial charge is 0.307 e. The van der Waals surface area contributed by atoms with Crippen LogP contribution in [0.5, 0.6) is 0 Å². The average molecular weight is 451 g/mol. The predicted molar refractivity (Wildman–Crippen MR) is 92.1 cm³/mol. The Morgan fingerprint density at radius 1 is 1.24 bits per heavy atom. The summed E-state index contributed by atoms with van der Waals surface area (Å²) >= 11 is 14.4. The van der Waals surface area contributed by atoms with Gasteiger partial charge in [0.2, 0.25) is 0 Å². The lowest BCUT2D eigenvalue weighted by molar-refractivity contribution is -0.384.